The predicted octanol–water partition coefficient (Wildman–Crippen LogP) is 3.69. The molecule has 0 amide bonds. The SMILES string of the molecule is Cc1cccc(OC(CN)c2ccc(C)c(C)c2)c1. The van der Waals surface area contributed by atoms with Crippen LogP contribution in [-0.4, -0.2) is 6.54 Å². The smallest absolute Gasteiger partial charge is 0.136 e. The Bertz CT molecular complexity index is 563. The van der Waals surface area contributed by atoms with Crippen LogP contribution in [0.4, 0.5) is 0 Å². The van der Waals surface area contributed by atoms with Gasteiger partial charge in [-0.05, 0) is 55.2 Å². The molecule has 0 heterocycles. The van der Waals surface area contributed by atoms with E-state index in [0.29, 0.717) is 6.54 Å². The first-order valence-electron chi connectivity index (χ1n) is 6.60. The number of rotatable bonds is 4. The Balaban J connectivity index is 2.22. The Morgan fingerprint density at radius 1 is 1.00 bits per heavy atom. The molecular weight excluding hydrogens is 234 g/mol. The third-order valence-electron chi connectivity index (χ3n) is 3.38. The van der Waals surface area contributed by atoms with Gasteiger partial charge in [-0.1, -0.05) is 30.3 Å². The summed E-state index contributed by atoms with van der Waals surface area (Å²) in [4.78, 5) is 0. The third kappa shape index (κ3) is 3.36. The number of benzene rings is 2. The highest BCUT2D eigenvalue weighted by atomic mass is 16.5. The minimum absolute atomic E-state index is 0.0962. The fraction of sp³-hybridized carbons (Fsp3) is 0.294. The van der Waals surface area contributed by atoms with Crippen LogP contribution in [-0.2, 0) is 0 Å². The molecule has 0 bridgehead atoms. The number of hydrogen-bond acceptors (Lipinski definition) is 2. The molecule has 2 nitrogen and oxygen atoms in total. The lowest BCUT2D eigenvalue weighted by Crippen LogP contribution is -2.18. The molecule has 2 aromatic rings. The van der Waals surface area contributed by atoms with Crippen molar-refractivity contribution >= 4 is 0 Å². The maximum atomic E-state index is 6.00. The van der Waals surface area contributed by atoms with Gasteiger partial charge >= 0.3 is 0 Å². The second kappa shape index (κ2) is 5.89. The molecule has 0 aromatic heterocycles. The average Bonchev–Trinajstić information content (AvgIpc) is 2.39. The van der Waals surface area contributed by atoms with Crippen LogP contribution in [0.1, 0.15) is 28.4 Å². The zero-order valence-corrected chi connectivity index (χ0v) is 11.8. The van der Waals surface area contributed by atoms with Crippen molar-refractivity contribution in [3.05, 3.63) is 64.7 Å². The van der Waals surface area contributed by atoms with Crippen LogP contribution in [0.3, 0.4) is 0 Å². The average molecular weight is 255 g/mol. The summed E-state index contributed by atoms with van der Waals surface area (Å²) in [7, 11) is 0. The molecule has 1 unspecified atom stereocenters. The molecule has 2 heteroatoms. The molecule has 0 aliphatic heterocycles. The molecule has 0 saturated carbocycles. The zero-order valence-electron chi connectivity index (χ0n) is 11.8. The molecule has 0 aliphatic rings. The summed E-state index contributed by atoms with van der Waals surface area (Å²) >= 11 is 0. The first-order chi connectivity index (χ1) is 9.10. The first kappa shape index (κ1) is 13.6. The lowest BCUT2D eigenvalue weighted by atomic mass is 10.0. The van der Waals surface area contributed by atoms with Crippen molar-refractivity contribution in [1.82, 2.24) is 0 Å². The van der Waals surface area contributed by atoms with E-state index in [-0.39, 0.29) is 6.10 Å². The molecule has 19 heavy (non-hydrogen) atoms. The van der Waals surface area contributed by atoms with Gasteiger partial charge in [0.1, 0.15) is 11.9 Å². The summed E-state index contributed by atoms with van der Waals surface area (Å²) in [6, 6.07) is 14.4. The molecule has 0 spiro atoms. The largest absolute Gasteiger partial charge is 0.484 e. The fourth-order valence-electron chi connectivity index (χ4n) is 2.07. The molecule has 0 fully saturated rings. The molecule has 2 N–H and O–H groups in total. The Morgan fingerprint density at radius 2 is 1.79 bits per heavy atom. The zero-order chi connectivity index (χ0) is 13.8. The van der Waals surface area contributed by atoms with Crippen molar-refractivity contribution in [2.45, 2.75) is 26.9 Å². The van der Waals surface area contributed by atoms with E-state index in [9.17, 15) is 0 Å². The van der Waals surface area contributed by atoms with Gasteiger partial charge < -0.3 is 10.5 Å². The number of hydrogen-bond donors (Lipinski definition) is 1. The minimum atomic E-state index is -0.0962. The minimum Gasteiger partial charge on any atom is -0.484 e. The normalized spacial score (nSPS) is 12.2. The second-order valence-electron chi connectivity index (χ2n) is 5.00. The first-order valence-corrected chi connectivity index (χ1v) is 6.60. The third-order valence-corrected chi connectivity index (χ3v) is 3.38. The van der Waals surface area contributed by atoms with Crippen LogP contribution >= 0.6 is 0 Å². The Kier molecular flexibility index (Phi) is 4.23. The topological polar surface area (TPSA) is 35.2 Å². The van der Waals surface area contributed by atoms with Gasteiger partial charge in [-0.15, -0.1) is 0 Å². The van der Waals surface area contributed by atoms with Crippen molar-refractivity contribution in [2.24, 2.45) is 5.73 Å². The van der Waals surface area contributed by atoms with Gasteiger partial charge in [-0.3, -0.25) is 0 Å². The predicted molar refractivity (Wildman–Crippen MR) is 79.5 cm³/mol. The highest BCUT2D eigenvalue weighted by Crippen LogP contribution is 2.23. The number of ether oxygens (including phenoxy) is 1. The summed E-state index contributed by atoms with van der Waals surface area (Å²) in [6.45, 7) is 6.74. The highest BCUT2D eigenvalue weighted by Gasteiger charge is 2.12. The standard InChI is InChI=1S/C17H21NO/c1-12-5-4-6-16(9-12)19-17(11-18)15-8-7-13(2)14(3)10-15/h4-10,17H,11,18H2,1-3H3. The van der Waals surface area contributed by atoms with E-state index in [1.807, 2.05) is 18.2 Å². The van der Waals surface area contributed by atoms with Crippen LogP contribution < -0.4 is 10.5 Å². The molecule has 2 rings (SSSR count). The van der Waals surface area contributed by atoms with Gasteiger partial charge in [0.25, 0.3) is 0 Å². The van der Waals surface area contributed by atoms with E-state index < -0.39 is 0 Å². The van der Waals surface area contributed by atoms with Gasteiger partial charge in [0.15, 0.2) is 0 Å². The van der Waals surface area contributed by atoms with E-state index in [1.54, 1.807) is 0 Å². The van der Waals surface area contributed by atoms with Crippen molar-refractivity contribution in [2.75, 3.05) is 6.54 Å². The maximum Gasteiger partial charge on any atom is 0.136 e. The summed E-state index contributed by atoms with van der Waals surface area (Å²) in [5, 5.41) is 0. The molecular formula is C17H21NO. The van der Waals surface area contributed by atoms with Gasteiger partial charge in [-0.25, -0.2) is 0 Å². The van der Waals surface area contributed by atoms with Crippen LogP contribution in [0.15, 0.2) is 42.5 Å². The summed E-state index contributed by atoms with van der Waals surface area (Å²) in [6.07, 6.45) is -0.0962. The molecule has 100 valence electrons. The van der Waals surface area contributed by atoms with Crippen LogP contribution in [0, 0.1) is 20.8 Å². The number of nitrogens with two attached hydrogens (primary N) is 1. The van der Waals surface area contributed by atoms with Crippen molar-refractivity contribution in [3.63, 3.8) is 0 Å². The molecule has 2 aromatic carbocycles. The van der Waals surface area contributed by atoms with E-state index in [4.69, 9.17) is 10.5 Å². The summed E-state index contributed by atoms with van der Waals surface area (Å²) < 4.78 is 6.00. The lowest BCUT2D eigenvalue weighted by Gasteiger charge is -2.19. The quantitative estimate of drug-likeness (QED) is 0.904. The molecule has 0 aliphatic carbocycles. The second-order valence-corrected chi connectivity index (χ2v) is 5.00. The van der Waals surface area contributed by atoms with Crippen molar-refractivity contribution in [1.29, 1.82) is 0 Å². The Hall–Kier alpha value is -1.80. The van der Waals surface area contributed by atoms with Crippen LogP contribution in [0.25, 0.3) is 0 Å². The summed E-state index contributed by atoms with van der Waals surface area (Å²) in [5.74, 6) is 0.869. The number of aryl methyl sites for hydroxylation is 3. The Morgan fingerprint density at radius 3 is 2.42 bits per heavy atom. The lowest BCUT2D eigenvalue weighted by molar-refractivity contribution is 0.214. The molecule has 0 radical (unpaired) electrons. The summed E-state index contributed by atoms with van der Waals surface area (Å²) in [5.41, 5.74) is 10.7. The van der Waals surface area contributed by atoms with Gasteiger partial charge in [-0.2, -0.15) is 0 Å². The monoisotopic (exact) mass is 255 g/mol. The van der Waals surface area contributed by atoms with E-state index in [1.165, 1.54) is 16.7 Å². The molecule has 1 atom stereocenters. The van der Waals surface area contributed by atoms with Crippen LogP contribution in [0.5, 0.6) is 5.75 Å². The van der Waals surface area contributed by atoms with E-state index >= 15 is 0 Å². The molecule has 0 saturated heterocycles. The van der Waals surface area contributed by atoms with E-state index in [0.717, 1.165) is 11.3 Å². The maximum absolute atomic E-state index is 6.00. The van der Waals surface area contributed by atoms with Crippen molar-refractivity contribution in [3.8, 4) is 5.75 Å². The van der Waals surface area contributed by atoms with Crippen LogP contribution in [0.2, 0.25) is 0 Å². The highest BCUT2D eigenvalue weighted by molar-refractivity contribution is 5.33. The van der Waals surface area contributed by atoms with Gasteiger partial charge in [0.05, 0.1) is 0 Å². The Labute approximate surface area is 115 Å². The van der Waals surface area contributed by atoms with Gasteiger partial charge in [0, 0.05) is 6.54 Å². The van der Waals surface area contributed by atoms with Gasteiger partial charge in [0.2, 0.25) is 0 Å². The van der Waals surface area contributed by atoms with Crippen molar-refractivity contribution < 1.29 is 4.74 Å². The van der Waals surface area contributed by atoms with E-state index in [2.05, 4.69) is 45.0 Å². The fourth-order valence-corrected chi connectivity index (χ4v) is 2.07.